The summed E-state index contributed by atoms with van der Waals surface area (Å²) in [5.74, 6) is 0.0533. The number of nitrogens with zero attached hydrogens (tertiary/aromatic N) is 3. The van der Waals surface area contributed by atoms with Gasteiger partial charge in [0.05, 0.1) is 28.6 Å². The maximum Gasteiger partial charge on any atom is 0.232 e. The molecule has 2 aromatic rings. The molecule has 4 nitrogen and oxygen atoms in total. The number of carbonyl (C=O) groups is 1. The Morgan fingerprint density at radius 1 is 1.39 bits per heavy atom. The molecule has 0 aliphatic carbocycles. The first-order valence-electron chi connectivity index (χ1n) is 7.63. The van der Waals surface area contributed by atoms with Crippen LogP contribution in [0, 0.1) is 26.2 Å². The second-order valence-corrected chi connectivity index (χ2v) is 7.89. The molecule has 0 radical (unpaired) electrons. The summed E-state index contributed by atoms with van der Waals surface area (Å²) in [5.41, 5.74) is 1.24. The van der Waals surface area contributed by atoms with Gasteiger partial charge in [0.1, 0.15) is 0 Å². The van der Waals surface area contributed by atoms with Crippen LogP contribution in [0.3, 0.4) is 0 Å². The SMILES string of the molecule is CC1C(=O)N(c2ccc(I)c3cccnc23)C1CC(C)(C)C#N. The van der Waals surface area contributed by atoms with E-state index >= 15 is 0 Å². The lowest BCUT2D eigenvalue weighted by atomic mass is 9.77. The van der Waals surface area contributed by atoms with Crippen LogP contribution in [0.4, 0.5) is 5.69 Å². The molecule has 0 bridgehead atoms. The fraction of sp³-hybridized carbons (Fsp3) is 0.389. The maximum atomic E-state index is 12.5. The van der Waals surface area contributed by atoms with Gasteiger partial charge in [-0.1, -0.05) is 13.0 Å². The molecule has 0 saturated carbocycles. The molecule has 1 amide bonds. The number of rotatable bonds is 3. The predicted octanol–water partition coefficient (Wildman–Crippen LogP) is 4.13. The highest BCUT2D eigenvalue weighted by Gasteiger charge is 2.47. The quantitative estimate of drug-likeness (QED) is 0.556. The summed E-state index contributed by atoms with van der Waals surface area (Å²) in [6, 6.07) is 10.3. The standard InChI is InChI=1S/C18H18IN3O/c1-11-15(9-18(2,3)10-20)22(17(11)23)14-7-6-13(19)12-5-4-8-21-16(12)14/h4-8,11,15H,9H2,1-3H3. The number of carbonyl (C=O) groups excluding carboxylic acids is 1. The molecule has 5 heteroatoms. The zero-order valence-electron chi connectivity index (χ0n) is 13.4. The second-order valence-electron chi connectivity index (χ2n) is 6.73. The normalized spacial score (nSPS) is 21.2. The zero-order valence-corrected chi connectivity index (χ0v) is 15.5. The number of hydrogen-bond acceptors (Lipinski definition) is 3. The number of nitriles is 1. The van der Waals surface area contributed by atoms with E-state index in [-0.39, 0.29) is 17.9 Å². The molecule has 1 aromatic heterocycles. The summed E-state index contributed by atoms with van der Waals surface area (Å²) in [5, 5.41) is 10.4. The highest BCUT2D eigenvalue weighted by atomic mass is 127. The number of fused-ring (bicyclic) bond motifs is 1. The summed E-state index contributed by atoms with van der Waals surface area (Å²) >= 11 is 2.28. The van der Waals surface area contributed by atoms with E-state index in [0.717, 1.165) is 20.2 Å². The fourth-order valence-electron chi connectivity index (χ4n) is 3.14. The van der Waals surface area contributed by atoms with Crippen molar-refractivity contribution in [2.24, 2.45) is 11.3 Å². The van der Waals surface area contributed by atoms with Gasteiger partial charge in [-0.2, -0.15) is 5.26 Å². The molecule has 1 saturated heterocycles. The Kier molecular flexibility index (Phi) is 4.05. The van der Waals surface area contributed by atoms with Crippen molar-refractivity contribution in [1.82, 2.24) is 4.98 Å². The zero-order chi connectivity index (χ0) is 16.8. The first-order valence-corrected chi connectivity index (χ1v) is 8.71. The molecule has 1 fully saturated rings. The molecular formula is C18H18IN3O. The first-order chi connectivity index (χ1) is 10.9. The molecule has 1 aliphatic heterocycles. The van der Waals surface area contributed by atoms with E-state index in [1.807, 2.05) is 49.9 Å². The van der Waals surface area contributed by atoms with Gasteiger partial charge in [0.25, 0.3) is 0 Å². The molecule has 23 heavy (non-hydrogen) atoms. The van der Waals surface area contributed by atoms with Crippen molar-refractivity contribution >= 4 is 45.1 Å². The van der Waals surface area contributed by atoms with Crippen LogP contribution in [0.1, 0.15) is 27.2 Å². The van der Waals surface area contributed by atoms with E-state index in [4.69, 9.17) is 0 Å². The van der Waals surface area contributed by atoms with Crippen LogP contribution in [-0.2, 0) is 4.79 Å². The average molecular weight is 419 g/mol. The first kappa shape index (κ1) is 16.2. The smallest absolute Gasteiger partial charge is 0.232 e. The van der Waals surface area contributed by atoms with Crippen LogP contribution < -0.4 is 4.90 Å². The molecule has 2 unspecified atom stereocenters. The molecule has 2 heterocycles. The fourth-order valence-corrected chi connectivity index (χ4v) is 3.76. The van der Waals surface area contributed by atoms with E-state index < -0.39 is 5.41 Å². The van der Waals surface area contributed by atoms with Gasteiger partial charge in [-0.05, 0) is 61.1 Å². The lowest BCUT2D eigenvalue weighted by molar-refractivity contribution is -0.129. The van der Waals surface area contributed by atoms with Gasteiger partial charge in [-0.25, -0.2) is 0 Å². The van der Waals surface area contributed by atoms with E-state index in [1.54, 1.807) is 6.20 Å². The predicted molar refractivity (Wildman–Crippen MR) is 98.9 cm³/mol. The van der Waals surface area contributed by atoms with Crippen molar-refractivity contribution in [3.63, 3.8) is 0 Å². The highest BCUT2D eigenvalue weighted by Crippen LogP contribution is 2.41. The third kappa shape index (κ3) is 2.69. The summed E-state index contributed by atoms with van der Waals surface area (Å²) in [7, 11) is 0. The topological polar surface area (TPSA) is 57.0 Å². The number of hydrogen-bond donors (Lipinski definition) is 0. The van der Waals surface area contributed by atoms with Gasteiger partial charge in [0.15, 0.2) is 0 Å². The largest absolute Gasteiger partial charge is 0.306 e. The summed E-state index contributed by atoms with van der Waals surface area (Å²) in [4.78, 5) is 18.8. The number of pyridine rings is 1. The van der Waals surface area contributed by atoms with Crippen LogP contribution in [-0.4, -0.2) is 16.9 Å². The van der Waals surface area contributed by atoms with Gasteiger partial charge < -0.3 is 4.90 Å². The number of benzene rings is 1. The number of amides is 1. The van der Waals surface area contributed by atoms with Gasteiger partial charge in [-0.3, -0.25) is 9.78 Å². The Morgan fingerprint density at radius 2 is 2.13 bits per heavy atom. The Hall–Kier alpha value is -1.68. The summed E-state index contributed by atoms with van der Waals surface area (Å²) in [6.45, 7) is 5.79. The maximum absolute atomic E-state index is 12.5. The van der Waals surface area contributed by atoms with Crippen LogP contribution in [0.25, 0.3) is 10.9 Å². The molecule has 0 N–H and O–H groups in total. The Morgan fingerprint density at radius 3 is 2.83 bits per heavy atom. The average Bonchev–Trinajstić information content (AvgIpc) is 2.56. The van der Waals surface area contributed by atoms with Crippen LogP contribution in [0.5, 0.6) is 0 Å². The van der Waals surface area contributed by atoms with Crippen molar-refractivity contribution in [3.8, 4) is 6.07 Å². The van der Waals surface area contributed by atoms with Gasteiger partial charge in [0.2, 0.25) is 5.91 Å². The van der Waals surface area contributed by atoms with Crippen molar-refractivity contribution < 1.29 is 4.79 Å². The molecule has 2 atom stereocenters. The van der Waals surface area contributed by atoms with Crippen molar-refractivity contribution in [3.05, 3.63) is 34.0 Å². The van der Waals surface area contributed by atoms with E-state index in [2.05, 4.69) is 33.6 Å². The summed E-state index contributed by atoms with van der Waals surface area (Å²) < 4.78 is 1.12. The minimum Gasteiger partial charge on any atom is -0.306 e. The Balaban J connectivity index is 2.05. The minimum atomic E-state index is -0.454. The van der Waals surface area contributed by atoms with Crippen molar-refractivity contribution in [2.45, 2.75) is 33.2 Å². The molecular weight excluding hydrogens is 401 g/mol. The van der Waals surface area contributed by atoms with Gasteiger partial charge in [-0.15, -0.1) is 0 Å². The van der Waals surface area contributed by atoms with E-state index in [0.29, 0.717) is 6.42 Å². The number of anilines is 1. The lowest BCUT2D eigenvalue weighted by Gasteiger charge is -2.47. The monoisotopic (exact) mass is 419 g/mol. The Bertz CT molecular complexity index is 825. The number of halogens is 1. The number of aromatic nitrogens is 1. The molecule has 1 aliphatic rings. The highest BCUT2D eigenvalue weighted by molar-refractivity contribution is 14.1. The Labute approximate surface area is 149 Å². The summed E-state index contributed by atoms with van der Waals surface area (Å²) in [6.07, 6.45) is 2.42. The third-order valence-electron chi connectivity index (χ3n) is 4.51. The van der Waals surface area contributed by atoms with Gasteiger partial charge in [0, 0.05) is 21.2 Å². The number of β-lactam (4-membered cyclic amide) rings is 1. The van der Waals surface area contributed by atoms with E-state index in [9.17, 15) is 10.1 Å². The molecule has 3 rings (SSSR count). The van der Waals surface area contributed by atoms with Crippen LogP contribution >= 0.6 is 22.6 Å². The van der Waals surface area contributed by atoms with Gasteiger partial charge >= 0.3 is 0 Å². The molecule has 0 spiro atoms. The second kappa shape index (κ2) is 5.75. The molecule has 1 aromatic carbocycles. The lowest BCUT2D eigenvalue weighted by Crippen LogP contribution is -2.61. The third-order valence-corrected chi connectivity index (χ3v) is 5.45. The van der Waals surface area contributed by atoms with Crippen LogP contribution in [0.2, 0.25) is 0 Å². The van der Waals surface area contributed by atoms with E-state index in [1.165, 1.54) is 0 Å². The minimum absolute atomic E-state index is 0.0439. The van der Waals surface area contributed by atoms with Crippen LogP contribution in [0.15, 0.2) is 30.5 Å². The molecule has 118 valence electrons. The van der Waals surface area contributed by atoms with Crippen molar-refractivity contribution in [1.29, 1.82) is 5.26 Å². The van der Waals surface area contributed by atoms with Crippen molar-refractivity contribution in [2.75, 3.05) is 4.90 Å².